The molecule has 2 heteroatoms. The standard InChI is InChI=1S/C13H19NO/c1-3-14-10-4-5-13(14)11-6-8-12(15-2)9-7-11/h6-9,13H,3-5,10H2,1-2H3. The lowest BCUT2D eigenvalue weighted by Gasteiger charge is -2.23. The molecule has 0 bridgehead atoms. The molecule has 1 aliphatic rings. The van der Waals surface area contributed by atoms with Gasteiger partial charge in [0.2, 0.25) is 0 Å². The Morgan fingerprint density at radius 1 is 1.33 bits per heavy atom. The Hall–Kier alpha value is -1.02. The maximum absolute atomic E-state index is 5.17. The van der Waals surface area contributed by atoms with E-state index in [1.807, 2.05) is 0 Å². The Bertz CT molecular complexity index is 307. The number of rotatable bonds is 3. The molecular formula is C13H19NO. The van der Waals surface area contributed by atoms with Crippen molar-refractivity contribution in [3.05, 3.63) is 29.8 Å². The van der Waals surface area contributed by atoms with Gasteiger partial charge in [0.25, 0.3) is 0 Å². The summed E-state index contributed by atoms with van der Waals surface area (Å²) in [5.74, 6) is 0.944. The maximum atomic E-state index is 5.17. The van der Waals surface area contributed by atoms with E-state index in [-0.39, 0.29) is 0 Å². The lowest BCUT2D eigenvalue weighted by atomic mass is 10.0. The fraction of sp³-hybridized carbons (Fsp3) is 0.538. The van der Waals surface area contributed by atoms with Crippen LogP contribution in [0.25, 0.3) is 0 Å². The molecule has 0 amide bonds. The minimum Gasteiger partial charge on any atom is -0.497 e. The molecule has 1 aliphatic heterocycles. The van der Waals surface area contributed by atoms with Crippen LogP contribution in [0.1, 0.15) is 31.4 Å². The molecule has 0 aromatic heterocycles. The van der Waals surface area contributed by atoms with Gasteiger partial charge in [0.05, 0.1) is 7.11 Å². The topological polar surface area (TPSA) is 12.5 Å². The number of benzene rings is 1. The SMILES string of the molecule is CCN1CCCC1c1ccc(OC)cc1. The van der Waals surface area contributed by atoms with Crippen LogP contribution >= 0.6 is 0 Å². The highest BCUT2D eigenvalue weighted by Gasteiger charge is 2.24. The minimum absolute atomic E-state index is 0.626. The third-order valence-electron chi connectivity index (χ3n) is 3.27. The van der Waals surface area contributed by atoms with Crippen molar-refractivity contribution in [2.75, 3.05) is 20.2 Å². The first-order chi connectivity index (χ1) is 7.35. The second-order valence-corrected chi connectivity index (χ2v) is 4.06. The van der Waals surface area contributed by atoms with Crippen LogP contribution in [0.4, 0.5) is 0 Å². The van der Waals surface area contributed by atoms with E-state index in [1.54, 1.807) is 7.11 Å². The molecule has 1 aromatic carbocycles. The van der Waals surface area contributed by atoms with Crippen molar-refractivity contribution in [2.45, 2.75) is 25.8 Å². The van der Waals surface area contributed by atoms with Gasteiger partial charge in [0.1, 0.15) is 5.75 Å². The summed E-state index contributed by atoms with van der Waals surface area (Å²) < 4.78 is 5.17. The summed E-state index contributed by atoms with van der Waals surface area (Å²) in [4.78, 5) is 2.54. The zero-order valence-electron chi connectivity index (χ0n) is 9.57. The van der Waals surface area contributed by atoms with Gasteiger partial charge in [0.15, 0.2) is 0 Å². The van der Waals surface area contributed by atoms with Gasteiger partial charge in [-0.2, -0.15) is 0 Å². The van der Waals surface area contributed by atoms with Crippen LogP contribution in [-0.4, -0.2) is 25.1 Å². The van der Waals surface area contributed by atoms with Crippen molar-refractivity contribution in [1.82, 2.24) is 4.90 Å². The van der Waals surface area contributed by atoms with Crippen molar-refractivity contribution >= 4 is 0 Å². The first-order valence-electron chi connectivity index (χ1n) is 5.73. The summed E-state index contributed by atoms with van der Waals surface area (Å²) in [5.41, 5.74) is 1.43. The van der Waals surface area contributed by atoms with Gasteiger partial charge >= 0.3 is 0 Å². The molecule has 1 heterocycles. The number of ether oxygens (including phenoxy) is 1. The Labute approximate surface area is 91.9 Å². The Morgan fingerprint density at radius 2 is 2.07 bits per heavy atom. The van der Waals surface area contributed by atoms with Crippen LogP contribution < -0.4 is 4.74 Å². The first kappa shape index (κ1) is 10.5. The number of hydrogen-bond donors (Lipinski definition) is 0. The third-order valence-corrected chi connectivity index (χ3v) is 3.27. The van der Waals surface area contributed by atoms with Gasteiger partial charge in [-0.1, -0.05) is 19.1 Å². The molecule has 0 N–H and O–H groups in total. The van der Waals surface area contributed by atoms with E-state index in [4.69, 9.17) is 4.74 Å². The van der Waals surface area contributed by atoms with Gasteiger partial charge in [-0.25, -0.2) is 0 Å². The second kappa shape index (κ2) is 4.67. The maximum Gasteiger partial charge on any atom is 0.118 e. The van der Waals surface area contributed by atoms with Gasteiger partial charge < -0.3 is 4.74 Å². The zero-order chi connectivity index (χ0) is 10.7. The summed E-state index contributed by atoms with van der Waals surface area (Å²) in [6.07, 6.45) is 2.62. The van der Waals surface area contributed by atoms with Crippen molar-refractivity contribution < 1.29 is 4.74 Å². The predicted octanol–water partition coefficient (Wildman–Crippen LogP) is 2.85. The Morgan fingerprint density at radius 3 is 2.67 bits per heavy atom. The molecule has 0 radical (unpaired) electrons. The van der Waals surface area contributed by atoms with Crippen LogP contribution in [-0.2, 0) is 0 Å². The lowest BCUT2D eigenvalue weighted by Crippen LogP contribution is -2.22. The van der Waals surface area contributed by atoms with Crippen LogP contribution in [0.15, 0.2) is 24.3 Å². The van der Waals surface area contributed by atoms with E-state index >= 15 is 0 Å². The summed E-state index contributed by atoms with van der Waals surface area (Å²) in [6.45, 7) is 4.63. The molecule has 1 saturated heterocycles. The summed E-state index contributed by atoms with van der Waals surface area (Å²) in [6, 6.07) is 9.12. The average molecular weight is 205 g/mol. The second-order valence-electron chi connectivity index (χ2n) is 4.06. The van der Waals surface area contributed by atoms with Gasteiger partial charge in [-0.3, -0.25) is 4.90 Å². The van der Waals surface area contributed by atoms with E-state index in [0.717, 1.165) is 12.3 Å². The van der Waals surface area contributed by atoms with Crippen LogP contribution in [0.3, 0.4) is 0 Å². The predicted molar refractivity (Wildman–Crippen MR) is 62.2 cm³/mol. The molecule has 1 fully saturated rings. The molecular weight excluding hydrogens is 186 g/mol. The quantitative estimate of drug-likeness (QED) is 0.752. The zero-order valence-corrected chi connectivity index (χ0v) is 9.57. The third kappa shape index (κ3) is 2.15. The first-order valence-corrected chi connectivity index (χ1v) is 5.73. The smallest absolute Gasteiger partial charge is 0.118 e. The van der Waals surface area contributed by atoms with Gasteiger partial charge in [-0.05, 0) is 43.6 Å². The van der Waals surface area contributed by atoms with Crippen LogP contribution in [0.2, 0.25) is 0 Å². The fourth-order valence-corrected chi connectivity index (χ4v) is 2.41. The van der Waals surface area contributed by atoms with Gasteiger partial charge in [0, 0.05) is 6.04 Å². The molecule has 2 rings (SSSR count). The van der Waals surface area contributed by atoms with Crippen LogP contribution in [0, 0.1) is 0 Å². The van der Waals surface area contributed by atoms with Crippen molar-refractivity contribution in [3.8, 4) is 5.75 Å². The number of nitrogens with zero attached hydrogens (tertiary/aromatic N) is 1. The fourth-order valence-electron chi connectivity index (χ4n) is 2.41. The van der Waals surface area contributed by atoms with E-state index in [2.05, 4.69) is 36.1 Å². The molecule has 1 atom stereocenters. The summed E-state index contributed by atoms with van der Waals surface area (Å²) >= 11 is 0. The molecule has 2 nitrogen and oxygen atoms in total. The summed E-state index contributed by atoms with van der Waals surface area (Å²) in [7, 11) is 1.71. The van der Waals surface area contributed by atoms with Crippen molar-refractivity contribution in [3.63, 3.8) is 0 Å². The molecule has 0 saturated carbocycles. The number of likely N-dealkylation sites (tertiary alicyclic amines) is 1. The van der Waals surface area contributed by atoms with E-state index in [1.165, 1.54) is 24.9 Å². The largest absolute Gasteiger partial charge is 0.497 e. The van der Waals surface area contributed by atoms with E-state index in [9.17, 15) is 0 Å². The monoisotopic (exact) mass is 205 g/mol. The molecule has 82 valence electrons. The van der Waals surface area contributed by atoms with E-state index in [0.29, 0.717) is 6.04 Å². The minimum atomic E-state index is 0.626. The highest BCUT2D eigenvalue weighted by atomic mass is 16.5. The Balaban J connectivity index is 2.14. The molecule has 15 heavy (non-hydrogen) atoms. The highest BCUT2D eigenvalue weighted by molar-refractivity contribution is 5.29. The van der Waals surface area contributed by atoms with E-state index < -0.39 is 0 Å². The van der Waals surface area contributed by atoms with Crippen molar-refractivity contribution in [1.29, 1.82) is 0 Å². The average Bonchev–Trinajstić information content (AvgIpc) is 2.77. The van der Waals surface area contributed by atoms with Gasteiger partial charge in [-0.15, -0.1) is 0 Å². The lowest BCUT2D eigenvalue weighted by molar-refractivity contribution is 0.271. The molecule has 0 spiro atoms. The van der Waals surface area contributed by atoms with Crippen molar-refractivity contribution in [2.24, 2.45) is 0 Å². The summed E-state index contributed by atoms with van der Waals surface area (Å²) in [5, 5.41) is 0. The number of methoxy groups -OCH3 is 1. The highest BCUT2D eigenvalue weighted by Crippen LogP contribution is 2.32. The van der Waals surface area contributed by atoms with Crippen LogP contribution in [0.5, 0.6) is 5.75 Å². The Kier molecular flexibility index (Phi) is 3.27. The number of hydrogen-bond acceptors (Lipinski definition) is 2. The molecule has 1 aromatic rings. The molecule has 0 aliphatic carbocycles. The molecule has 1 unspecified atom stereocenters. The normalized spacial score (nSPS) is 21.9.